The molecule has 4 nitrogen and oxygen atoms in total. The second-order valence-corrected chi connectivity index (χ2v) is 3.18. The molecule has 0 amide bonds. The Morgan fingerprint density at radius 1 is 1.40 bits per heavy atom. The SMILES string of the molecule is CNc1cc(OC)c(C(=O)OC)cc1Cl. The Morgan fingerprint density at radius 2 is 2.07 bits per heavy atom. The lowest BCUT2D eigenvalue weighted by molar-refractivity contribution is 0.0597. The summed E-state index contributed by atoms with van der Waals surface area (Å²) in [5, 5.41) is 3.33. The van der Waals surface area contributed by atoms with Crippen molar-refractivity contribution < 1.29 is 14.3 Å². The molecule has 0 aromatic heterocycles. The lowest BCUT2D eigenvalue weighted by Gasteiger charge is -2.10. The lowest BCUT2D eigenvalue weighted by atomic mass is 10.2. The predicted octanol–water partition coefficient (Wildman–Crippen LogP) is 2.18. The standard InChI is InChI=1S/C10H12ClNO3/c1-12-8-5-9(14-2)6(4-7(8)11)10(13)15-3/h4-5,12H,1-3H3. The fraction of sp³-hybridized carbons (Fsp3) is 0.300. The first-order valence-electron chi connectivity index (χ1n) is 4.27. The number of methoxy groups -OCH3 is 2. The lowest BCUT2D eigenvalue weighted by Crippen LogP contribution is -2.05. The van der Waals surface area contributed by atoms with Crippen molar-refractivity contribution in [3.05, 3.63) is 22.7 Å². The van der Waals surface area contributed by atoms with E-state index in [1.165, 1.54) is 20.3 Å². The number of hydrogen-bond donors (Lipinski definition) is 1. The van der Waals surface area contributed by atoms with E-state index in [0.29, 0.717) is 22.0 Å². The first kappa shape index (κ1) is 11.7. The number of carbonyl (C=O) groups excluding carboxylic acids is 1. The maximum absolute atomic E-state index is 11.4. The molecular weight excluding hydrogens is 218 g/mol. The minimum absolute atomic E-state index is 0.309. The number of benzene rings is 1. The van der Waals surface area contributed by atoms with E-state index >= 15 is 0 Å². The Labute approximate surface area is 93.1 Å². The van der Waals surface area contributed by atoms with Gasteiger partial charge in [-0.3, -0.25) is 0 Å². The fourth-order valence-electron chi connectivity index (χ4n) is 1.18. The van der Waals surface area contributed by atoms with Gasteiger partial charge in [-0.2, -0.15) is 0 Å². The van der Waals surface area contributed by atoms with Crippen molar-refractivity contribution in [2.24, 2.45) is 0 Å². The van der Waals surface area contributed by atoms with Crippen molar-refractivity contribution in [3.8, 4) is 5.75 Å². The van der Waals surface area contributed by atoms with Crippen LogP contribution in [0.15, 0.2) is 12.1 Å². The third kappa shape index (κ3) is 2.33. The van der Waals surface area contributed by atoms with Gasteiger partial charge >= 0.3 is 5.97 Å². The smallest absolute Gasteiger partial charge is 0.341 e. The molecule has 15 heavy (non-hydrogen) atoms. The number of esters is 1. The molecule has 0 radical (unpaired) electrons. The second-order valence-electron chi connectivity index (χ2n) is 2.77. The predicted molar refractivity (Wildman–Crippen MR) is 58.9 cm³/mol. The highest BCUT2D eigenvalue weighted by atomic mass is 35.5. The highest BCUT2D eigenvalue weighted by Gasteiger charge is 2.15. The monoisotopic (exact) mass is 229 g/mol. The molecular formula is C10H12ClNO3. The van der Waals surface area contributed by atoms with Gasteiger partial charge in [-0.05, 0) is 6.07 Å². The van der Waals surface area contributed by atoms with Crippen LogP contribution < -0.4 is 10.1 Å². The third-order valence-corrected chi connectivity index (χ3v) is 2.28. The van der Waals surface area contributed by atoms with Gasteiger partial charge in [-0.1, -0.05) is 11.6 Å². The number of halogens is 1. The van der Waals surface area contributed by atoms with E-state index in [-0.39, 0.29) is 0 Å². The van der Waals surface area contributed by atoms with Crippen LogP contribution in [-0.2, 0) is 4.74 Å². The molecule has 0 fully saturated rings. The molecule has 1 aromatic rings. The van der Waals surface area contributed by atoms with Crippen molar-refractivity contribution in [3.63, 3.8) is 0 Å². The van der Waals surface area contributed by atoms with Gasteiger partial charge < -0.3 is 14.8 Å². The highest BCUT2D eigenvalue weighted by molar-refractivity contribution is 6.33. The maximum Gasteiger partial charge on any atom is 0.341 e. The number of anilines is 1. The van der Waals surface area contributed by atoms with Crippen LogP contribution in [0.25, 0.3) is 0 Å². The minimum Gasteiger partial charge on any atom is -0.496 e. The van der Waals surface area contributed by atoms with Crippen LogP contribution in [0.1, 0.15) is 10.4 Å². The highest BCUT2D eigenvalue weighted by Crippen LogP contribution is 2.30. The van der Waals surface area contributed by atoms with Crippen LogP contribution in [0.4, 0.5) is 5.69 Å². The van der Waals surface area contributed by atoms with E-state index < -0.39 is 5.97 Å². The summed E-state index contributed by atoms with van der Waals surface area (Å²) in [6.45, 7) is 0. The van der Waals surface area contributed by atoms with E-state index in [9.17, 15) is 4.79 Å². The minimum atomic E-state index is -0.476. The molecule has 0 spiro atoms. The summed E-state index contributed by atoms with van der Waals surface area (Å²) in [5.41, 5.74) is 1.00. The normalized spacial score (nSPS) is 9.60. The molecule has 0 aliphatic rings. The Balaban J connectivity index is 3.27. The molecule has 0 saturated carbocycles. The van der Waals surface area contributed by atoms with Gasteiger partial charge in [-0.15, -0.1) is 0 Å². The van der Waals surface area contributed by atoms with E-state index in [2.05, 4.69) is 10.1 Å². The molecule has 1 rings (SSSR count). The maximum atomic E-state index is 11.4. The van der Waals surface area contributed by atoms with Gasteiger partial charge in [0.1, 0.15) is 11.3 Å². The number of hydrogen-bond acceptors (Lipinski definition) is 4. The first-order valence-corrected chi connectivity index (χ1v) is 4.65. The molecule has 0 heterocycles. The van der Waals surface area contributed by atoms with Crippen molar-refractivity contribution >= 4 is 23.3 Å². The molecule has 1 N–H and O–H groups in total. The van der Waals surface area contributed by atoms with E-state index in [1.54, 1.807) is 13.1 Å². The van der Waals surface area contributed by atoms with Crippen LogP contribution in [0, 0.1) is 0 Å². The zero-order chi connectivity index (χ0) is 11.4. The van der Waals surface area contributed by atoms with E-state index in [1.807, 2.05) is 0 Å². The number of carbonyl (C=O) groups is 1. The summed E-state index contributed by atoms with van der Waals surface area (Å²) in [4.78, 5) is 11.4. The fourth-order valence-corrected chi connectivity index (χ4v) is 1.44. The van der Waals surface area contributed by atoms with Crippen molar-refractivity contribution in [2.45, 2.75) is 0 Å². The molecule has 0 bridgehead atoms. The summed E-state index contributed by atoms with van der Waals surface area (Å²) in [6.07, 6.45) is 0. The Morgan fingerprint density at radius 3 is 2.53 bits per heavy atom. The zero-order valence-electron chi connectivity index (χ0n) is 8.76. The van der Waals surface area contributed by atoms with Gasteiger partial charge in [0, 0.05) is 13.1 Å². The van der Waals surface area contributed by atoms with Crippen LogP contribution in [0.2, 0.25) is 5.02 Å². The number of nitrogens with one attached hydrogen (secondary N) is 1. The molecule has 0 aliphatic heterocycles. The largest absolute Gasteiger partial charge is 0.496 e. The molecule has 0 aliphatic carbocycles. The summed E-state index contributed by atoms with van der Waals surface area (Å²) in [7, 11) is 4.52. The second kappa shape index (κ2) is 4.89. The van der Waals surface area contributed by atoms with Gasteiger partial charge in [0.2, 0.25) is 0 Å². The van der Waals surface area contributed by atoms with Crippen molar-refractivity contribution in [1.82, 2.24) is 0 Å². The summed E-state index contributed by atoms with van der Waals surface area (Å²) in [5.74, 6) is -0.0491. The Bertz CT molecular complexity index is 379. The first-order chi connectivity index (χ1) is 7.13. The molecule has 5 heteroatoms. The zero-order valence-corrected chi connectivity index (χ0v) is 9.51. The summed E-state index contributed by atoms with van der Waals surface area (Å²) >= 11 is 5.93. The van der Waals surface area contributed by atoms with Gasteiger partial charge in [0.25, 0.3) is 0 Å². The van der Waals surface area contributed by atoms with E-state index in [0.717, 1.165) is 0 Å². The van der Waals surface area contributed by atoms with Gasteiger partial charge in [-0.25, -0.2) is 4.79 Å². The third-order valence-electron chi connectivity index (χ3n) is 1.96. The summed E-state index contributed by atoms with van der Waals surface area (Å²) in [6, 6.07) is 3.16. The Kier molecular flexibility index (Phi) is 3.80. The molecule has 0 atom stereocenters. The Hall–Kier alpha value is -1.42. The average molecular weight is 230 g/mol. The molecule has 0 unspecified atom stereocenters. The van der Waals surface area contributed by atoms with E-state index in [4.69, 9.17) is 16.3 Å². The van der Waals surface area contributed by atoms with Gasteiger partial charge in [0.05, 0.1) is 24.9 Å². The van der Waals surface area contributed by atoms with Gasteiger partial charge in [0.15, 0.2) is 0 Å². The summed E-state index contributed by atoms with van der Waals surface area (Å²) < 4.78 is 9.68. The number of rotatable bonds is 3. The quantitative estimate of drug-likeness (QED) is 0.807. The number of ether oxygens (including phenoxy) is 2. The van der Waals surface area contributed by atoms with Crippen LogP contribution in [-0.4, -0.2) is 27.2 Å². The van der Waals surface area contributed by atoms with Crippen LogP contribution in [0.5, 0.6) is 5.75 Å². The molecule has 0 saturated heterocycles. The molecule has 82 valence electrons. The van der Waals surface area contributed by atoms with Crippen LogP contribution >= 0.6 is 11.6 Å². The topological polar surface area (TPSA) is 47.6 Å². The molecule has 1 aromatic carbocycles. The van der Waals surface area contributed by atoms with Crippen molar-refractivity contribution in [1.29, 1.82) is 0 Å². The average Bonchev–Trinajstić information content (AvgIpc) is 2.27. The van der Waals surface area contributed by atoms with Crippen LogP contribution in [0.3, 0.4) is 0 Å². The van der Waals surface area contributed by atoms with Crippen molar-refractivity contribution in [2.75, 3.05) is 26.6 Å².